The van der Waals surface area contributed by atoms with Gasteiger partial charge in [-0.25, -0.2) is 0 Å². The van der Waals surface area contributed by atoms with Gasteiger partial charge in [0, 0.05) is 4.88 Å². The van der Waals surface area contributed by atoms with Crippen LogP contribution in [-0.2, 0) is 22.4 Å². The number of primary amides is 1. The second-order valence-corrected chi connectivity index (χ2v) is 8.48. The van der Waals surface area contributed by atoms with Crippen LogP contribution in [0.3, 0.4) is 0 Å². The normalized spacial score (nSPS) is 20.7. The summed E-state index contributed by atoms with van der Waals surface area (Å²) in [5.74, 6) is -3.10. The molecular weight excluding hydrogens is 376 g/mol. The lowest BCUT2D eigenvalue weighted by Gasteiger charge is -2.27. The van der Waals surface area contributed by atoms with Crippen LogP contribution in [-0.4, -0.2) is 22.9 Å². The van der Waals surface area contributed by atoms with Crippen LogP contribution in [0.1, 0.15) is 47.2 Å². The molecule has 7 heteroatoms. The van der Waals surface area contributed by atoms with Crippen LogP contribution in [0.15, 0.2) is 24.3 Å². The van der Waals surface area contributed by atoms with Gasteiger partial charge in [-0.3, -0.25) is 14.4 Å². The number of hydrogen-bond acceptors (Lipinski definition) is 4. The van der Waals surface area contributed by atoms with Gasteiger partial charge in [-0.15, -0.1) is 11.3 Å². The summed E-state index contributed by atoms with van der Waals surface area (Å²) in [6, 6.07) is 8.03. The first-order valence-electron chi connectivity index (χ1n) is 9.54. The van der Waals surface area contributed by atoms with Crippen LogP contribution in [0, 0.1) is 11.8 Å². The molecule has 2 atom stereocenters. The van der Waals surface area contributed by atoms with Crippen molar-refractivity contribution in [3.63, 3.8) is 0 Å². The Labute approximate surface area is 166 Å². The summed E-state index contributed by atoms with van der Waals surface area (Å²) in [5, 5.41) is 12.7. The maximum atomic E-state index is 12.9. The Bertz CT molecular complexity index is 965. The van der Waals surface area contributed by atoms with Crippen LogP contribution in [0.2, 0.25) is 0 Å². The molecule has 0 spiro atoms. The molecule has 4 rings (SSSR count). The van der Waals surface area contributed by atoms with Gasteiger partial charge in [0.1, 0.15) is 5.00 Å². The predicted molar refractivity (Wildman–Crippen MR) is 107 cm³/mol. The number of aliphatic carboxylic acids is 1. The monoisotopic (exact) mass is 398 g/mol. The number of carboxylic acids is 1. The molecule has 0 aliphatic heterocycles. The number of thiophene rings is 1. The van der Waals surface area contributed by atoms with Gasteiger partial charge >= 0.3 is 5.97 Å². The fourth-order valence-electron chi connectivity index (χ4n) is 4.43. The topological polar surface area (TPSA) is 109 Å². The number of hydrogen-bond donors (Lipinski definition) is 3. The number of nitrogens with two attached hydrogens (primary N) is 1. The van der Waals surface area contributed by atoms with E-state index in [1.807, 2.05) is 18.2 Å². The summed E-state index contributed by atoms with van der Waals surface area (Å²) in [4.78, 5) is 37.6. The number of anilines is 1. The lowest BCUT2D eigenvalue weighted by molar-refractivity contribution is -0.147. The van der Waals surface area contributed by atoms with Crippen LogP contribution in [0.25, 0.3) is 10.4 Å². The van der Waals surface area contributed by atoms with E-state index < -0.39 is 23.7 Å². The van der Waals surface area contributed by atoms with Gasteiger partial charge < -0.3 is 16.2 Å². The summed E-state index contributed by atoms with van der Waals surface area (Å²) in [6.45, 7) is 0. The van der Waals surface area contributed by atoms with Crippen molar-refractivity contribution in [2.24, 2.45) is 17.6 Å². The summed E-state index contributed by atoms with van der Waals surface area (Å²) in [7, 11) is 0. The van der Waals surface area contributed by atoms with E-state index in [0.717, 1.165) is 35.3 Å². The highest BCUT2D eigenvalue weighted by atomic mass is 32.1. The third-order valence-corrected chi connectivity index (χ3v) is 7.00. The van der Waals surface area contributed by atoms with Gasteiger partial charge in [0.25, 0.3) is 5.91 Å². The lowest BCUT2D eigenvalue weighted by Crippen LogP contribution is -2.36. The summed E-state index contributed by atoms with van der Waals surface area (Å²) >= 11 is 1.35. The minimum Gasteiger partial charge on any atom is -0.481 e. The molecule has 1 fully saturated rings. The molecule has 2 amide bonds. The van der Waals surface area contributed by atoms with Crippen molar-refractivity contribution < 1.29 is 19.5 Å². The number of aryl methyl sites for hydroxylation is 1. The molecule has 1 aromatic heterocycles. The van der Waals surface area contributed by atoms with Gasteiger partial charge in [-0.1, -0.05) is 37.1 Å². The van der Waals surface area contributed by atoms with Crippen molar-refractivity contribution in [1.29, 1.82) is 0 Å². The van der Waals surface area contributed by atoms with Crippen LogP contribution >= 0.6 is 11.3 Å². The van der Waals surface area contributed by atoms with Gasteiger partial charge in [0.2, 0.25) is 5.91 Å². The third kappa shape index (κ3) is 3.20. The van der Waals surface area contributed by atoms with Crippen molar-refractivity contribution in [2.45, 2.75) is 38.5 Å². The van der Waals surface area contributed by atoms with Crippen LogP contribution < -0.4 is 11.1 Å². The molecule has 1 heterocycles. The molecular formula is C21H22N2O4S. The molecule has 1 aromatic carbocycles. The number of nitrogens with one attached hydrogen (secondary N) is 1. The minimum absolute atomic E-state index is 0.332. The largest absolute Gasteiger partial charge is 0.481 e. The quantitative estimate of drug-likeness (QED) is 0.733. The predicted octanol–water partition coefficient (Wildman–Crippen LogP) is 3.44. The second kappa shape index (κ2) is 7.39. The molecule has 0 bridgehead atoms. The first kappa shape index (κ1) is 18.7. The highest BCUT2D eigenvalue weighted by Gasteiger charge is 2.37. The van der Waals surface area contributed by atoms with E-state index in [2.05, 4.69) is 11.4 Å². The Balaban J connectivity index is 1.69. The number of amides is 2. The molecule has 1 saturated carbocycles. The molecule has 6 nitrogen and oxygen atoms in total. The SMILES string of the molecule is NC(=O)c1c(NC(=O)[C@H]2CCCC[C@@H]2C(=O)O)sc2c1CCc1ccccc1-2. The van der Waals surface area contributed by atoms with E-state index in [1.54, 1.807) is 0 Å². The standard InChI is InChI=1S/C21H22N2O4S/c22-18(24)16-15-10-9-11-5-1-2-6-12(11)17(15)28-20(16)23-19(25)13-7-3-4-8-14(13)21(26)27/h1-2,5-6,13-14H,3-4,7-10H2,(H2,22,24)(H,23,25)(H,26,27)/t13-,14-/m0/s1. The lowest BCUT2D eigenvalue weighted by atomic mass is 9.78. The molecule has 0 radical (unpaired) electrons. The van der Waals surface area contributed by atoms with E-state index in [9.17, 15) is 19.5 Å². The molecule has 2 aromatic rings. The first-order chi connectivity index (χ1) is 13.5. The van der Waals surface area contributed by atoms with Crippen molar-refractivity contribution in [3.8, 4) is 10.4 Å². The Morgan fingerprint density at radius 1 is 1.07 bits per heavy atom. The van der Waals surface area contributed by atoms with E-state index in [0.29, 0.717) is 29.8 Å². The second-order valence-electron chi connectivity index (χ2n) is 7.46. The van der Waals surface area contributed by atoms with Crippen molar-refractivity contribution in [1.82, 2.24) is 0 Å². The maximum Gasteiger partial charge on any atom is 0.307 e. The van der Waals surface area contributed by atoms with E-state index in [4.69, 9.17) is 5.73 Å². The van der Waals surface area contributed by atoms with Crippen molar-refractivity contribution in [2.75, 3.05) is 5.32 Å². The third-order valence-electron chi connectivity index (χ3n) is 5.82. The van der Waals surface area contributed by atoms with E-state index in [-0.39, 0.29) is 5.91 Å². The molecule has 0 saturated heterocycles. The zero-order valence-electron chi connectivity index (χ0n) is 15.4. The van der Waals surface area contributed by atoms with Crippen LogP contribution in [0.4, 0.5) is 5.00 Å². The Morgan fingerprint density at radius 2 is 1.79 bits per heavy atom. The Morgan fingerprint density at radius 3 is 2.50 bits per heavy atom. The zero-order valence-corrected chi connectivity index (χ0v) is 16.2. The summed E-state index contributed by atoms with van der Waals surface area (Å²) in [6.07, 6.45) is 4.21. The Hall–Kier alpha value is -2.67. The Kier molecular flexibility index (Phi) is 4.93. The molecule has 2 aliphatic rings. The average molecular weight is 398 g/mol. The highest BCUT2D eigenvalue weighted by Crippen LogP contribution is 2.45. The van der Waals surface area contributed by atoms with Crippen LogP contribution in [0.5, 0.6) is 0 Å². The van der Waals surface area contributed by atoms with Gasteiger partial charge in [0.05, 0.1) is 17.4 Å². The zero-order chi connectivity index (χ0) is 19.8. The summed E-state index contributed by atoms with van der Waals surface area (Å²) in [5.41, 5.74) is 9.18. The van der Waals surface area contributed by atoms with E-state index in [1.165, 1.54) is 16.9 Å². The molecule has 2 aliphatic carbocycles. The van der Waals surface area contributed by atoms with Crippen molar-refractivity contribution in [3.05, 3.63) is 41.0 Å². The molecule has 0 unspecified atom stereocenters. The van der Waals surface area contributed by atoms with Crippen molar-refractivity contribution >= 4 is 34.1 Å². The smallest absolute Gasteiger partial charge is 0.307 e. The molecule has 146 valence electrons. The maximum absolute atomic E-state index is 12.9. The highest BCUT2D eigenvalue weighted by molar-refractivity contribution is 7.20. The van der Waals surface area contributed by atoms with Gasteiger partial charge in [-0.05, 0) is 42.4 Å². The van der Waals surface area contributed by atoms with E-state index >= 15 is 0 Å². The number of carbonyl (C=O) groups excluding carboxylic acids is 2. The number of carbonyl (C=O) groups is 3. The molecule has 4 N–H and O–H groups in total. The number of benzene rings is 1. The first-order valence-corrected chi connectivity index (χ1v) is 10.4. The minimum atomic E-state index is -0.936. The number of rotatable bonds is 4. The average Bonchev–Trinajstić information content (AvgIpc) is 3.06. The fraction of sp³-hybridized carbons (Fsp3) is 0.381. The fourth-order valence-corrected chi connectivity index (χ4v) is 5.75. The number of carboxylic acid groups (broad SMARTS) is 1. The van der Waals surface area contributed by atoms with Gasteiger partial charge in [0.15, 0.2) is 0 Å². The number of fused-ring (bicyclic) bond motifs is 3. The summed E-state index contributed by atoms with van der Waals surface area (Å²) < 4.78 is 0. The molecule has 28 heavy (non-hydrogen) atoms. The van der Waals surface area contributed by atoms with Gasteiger partial charge in [-0.2, -0.15) is 0 Å².